The van der Waals surface area contributed by atoms with Crippen LogP contribution in [0.4, 0.5) is 0 Å². The monoisotopic (exact) mass is 647 g/mol. The number of allylic oxidation sites excluding steroid dienone is 7. The Bertz CT molecular complexity index is 2400. The average Bonchev–Trinajstić information content (AvgIpc) is 3.73. The van der Waals surface area contributed by atoms with Gasteiger partial charge < -0.3 is 9.73 Å². The summed E-state index contributed by atoms with van der Waals surface area (Å²) in [5.74, 6) is 2.97. The molecule has 0 radical (unpaired) electrons. The number of fused-ring (bicyclic) bond motifs is 6. The highest BCUT2D eigenvalue weighted by Crippen LogP contribution is 2.56. The van der Waals surface area contributed by atoms with Crippen molar-refractivity contribution in [3.05, 3.63) is 185 Å². The van der Waals surface area contributed by atoms with Crippen LogP contribution in [0, 0.1) is 5.92 Å². The van der Waals surface area contributed by atoms with Crippen LogP contribution in [-0.2, 0) is 11.8 Å². The minimum Gasteiger partial charge on any atom is -0.456 e. The second-order valence-electron chi connectivity index (χ2n) is 13.8. The van der Waals surface area contributed by atoms with Gasteiger partial charge in [0.15, 0.2) is 6.17 Å². The summed E-state index contributed by atoms with van der Waals surface area (Å²) in [6.07, 6.45) is 22.8. The van der Waals surface area contributed by atoms with Crippen molar-refractivity contribution in [3.63, 3.8) is 0 Å². The van der Waals surface area contributed by atoms with Crippen LogP contribution >= 0.6 is 0 Å². The molecule has 4 heteroatoms. The van der Waals surface area contributed by atoms with Gasteiger partial charge in [0.2, 0.25) is 0 Å². The third-order valence-corrected chi connectivity index (χ3v) is 11.1. The third kappa shape index (κ3) is 4.44. The van der Waals surface area contributed by atoms with E-state index in [0.29, 0.717) is 0 Å². The summed E-state index contributed by atoms with van der Waals surface area (Å²) >= 11 is 0. The van der Waals surface area contributed by atoms with E-state index in [2.05, 4.69) is 151 Å². The molecular formula is C46H37N3O. The van der Waals surface area contributed by atoms with E-state index >= 15 is 0 Å². The molecule has 1 aliphatic heterocycles. The highest BCUT2D eigenvalue weighted by Gasteiger charge is 2.53. The minimum atomic E-state index is -0.581. The molecule has 0 bridgehead atoms. The molecule has 0 fully saturated rings. The predicted molar refractivity (Wildman–Crippen MR) is 204 cm³/mol. The first-order valence-corrected chi connectivity index (χ1v) is 17.9. The van der Waals surface area contributed by atoms with Gasteiger partial charge in [-0.15, -0.1) is 0 Å². The lowest BCUT2D eigenvalue weighted by molar-refractivity contribution is 0.488. The number of amidine groups is 2. The van der Waals surface area contributed by atoms with E-state index < -0.39 is 5.41 Å². The molecule has 1 aromatic heterocycles. The van der Waals surface area contributed by atoms with E-state index in [4.69, 9.17) is 14.4 Å². The number of aryl methyl sites for hydroxylation is 1. The van der Waals surface area contributed by atoms with E-state index in [0.717, 1.165) is 66.3 Å². The number of hydrogen-bond donors (Lipinski definition) is 1. The van der Waals surface area contributed by atoms with Crippen molar-refractivity contribution in [2.45, 2.75) is 43.7 Å². The number of hydrogen-bond acceptors (Lipinski definition) is 4. The van der Waals surface area contributed by atoms with Crippen molar-refractivity contribution < 1.29 is 4.42 Å². The first-order valence-electron chi connectivity index (χ1n) is 17.9. The van der Waals surface area contributed by atoms with E-state index in [1.807, 2.05) is 0 Å². The van der Waals surface area contributed by atoms with Gasteiger partial charge >= 0.3 is 0 Å². The molecule has 10 rings (SSSR count). The smallest absolute Gasteiger partial charge is 0.169 e. The largest absolute Gasteiger partial charge is 0.456 e. The van der Waals surface area contributed by atoms with E-state index in [-0.39, 0.29) is 12.1 Å². The molecule has 2 heterocycles. The molecule has 0 saturated carbocycles. The summed E-state index contributed by atoms with van der Waals surface area (Å²) in [5, 5.41) is 5.13. The maximum Gasteiger partial charge on any atom is 0.169 e. The second kappa shape index (κ2) is 11.7. The Morgan fingerprint density at radius 1 is 0.740 bits per heavy atom. The zero-order valence-electron chi connectivity index (χ0n) is 27.8. The van der Waals surface area contributed by atoms with Crippen molar-refractivity contribution in [3.8, 4) is 11.1 Å². The minimum absolute atomic E-state index is 0.130. The van der Waals surface area contributed by atoms with E-state index in [1.165, 1.54) is 44.3 Å². The standard InChI is InChI=1S/C46H37N3O/c1-4-15-30(16-5-1)43-47-44(31-17-6-2-7-18-31)49-45(48-43)46(33-19-8-3-9-20-33)39-25-12-10-21-35(39)36-28-27-32(29-40(36)46)34-23-14-24-38-37-22-11-13-26-41(37)50-42(34)38/h1,3-6,8-13,15-19,21-23,25-29,33,43H,2,7,14,20,24H2,(H,47,48,49). The summed E-state index contributed by atoms with van der Waals surface area (Å²) < 4.78 is 6.61. The van der Waals surface area contributed by atoms with Gasteiger partial charge in [0.1, 0.15) is 23.0 Å². The lowest BCUT2D eigenvalue weighted by Gasteiger charge is -2.42. The molecule has 1 N–H and O–H groups in total. The fraction of sp³-hybridized carbons (Fsp3) is 0.174. The molecule has 3 unspecified atom stereocenters. The lowest BCUT2D eigenvalue weighted by Crippen LogP contribution is -2.52. The maximum atomic E-state index is 6.61. The molecule has 4 aliphatic carbocycles. The summed E-state index contributed by atoms with van der Waals surface area (Å²) in [6.45, 7) is 0. The maximum absolute atomic E-state index is 6.61. The number of aliphatic imine (C=N–C) groups is 2. The van der Waals surface area contributed by atoms with Crippen LogP contribution in [0.25, 0.3) is 27.7 Å². The van der Waals surface area contributed by atoms with Gasteiger partial charge in [-0.25, -0.2) is 9.98 Å². The second-order valence-corrected chi connectivity index (χ2v) is 13.8. The van der Waals surface area contributed by atoms with Gasteiger partial charge in [-0.05, 0) is 77.6 Å². The van der Waals surface area contributed by atoms with E-state index in [1.54, 1.807) is 0 Å². The Kier molecular flexibility index (Phi) is 6.83. The van der Waals surface area contributed by atoms with Crippen molar-refractivity contribution in [2.75, 3.05) is 0 Å². The molecule has 0 amide bonds. The van der Waals surface area contributed by atoms with Crippen molar-refractivity contribution in [1.29, 1.82) is 0 Å². The number of nitrogens with zero attached hydrogens (tertiary/aromatic N) is 2. The van der Waals surface area contributed by atoms with Gasteiger partial charge in [0, 0.05) is 28.0 Å². The molecule has 0 saturated heterocycles. The van der Waals surface area contributed by atoms with Crippen LogP contribution < -0.4 is 5.32 Å². The average molecular weight is 648 g/mol. The van der Waals surface area contributed by atoms with Crippen LogP contribution in [0.2, 0.25) is 0 Å². The van der Waals surface area contributed by atoms with Gasteiger partial charge in [-0.3, -0.25) is 0 Å². The SMILES string of the molecule is C1=CCC(C2(C3=NC(c4ccccc4)N=C(C4=CCCC=C4)N3)c3ccccc3-c3ccc(C4=CCCc5c4oc4ccccc54)cc32)C=C1. The van der Waals surface area contributed by atoms with Gasteiger partial charge in [0.25, 0.3) is 0 Å². The van der Waals surface area contributed by atoms with Crippen molar-refractivity contribution in [2.24, 2.45) is 15.9 Å². The van der Waals surface area contributed by atoms with Gasteiger partial charge in [0.05, 0.1) is 5.41 Å². The quantitative estimate of drug-likeness (QED) is 0.206. The number of furan rings is 1. The topological polar surface area (TPSA) is 49.9 Å². The third-order valence-electron chi connectivity index (χ3n) is 11.1. The van der Waals surface area contributed by atoms with Gasteiger partial charge in [-0.2, -0.15) is 0 Å². The van der Waals surface area contributed by atoms with Crippen molar-refractivity contribution >= 4 is 28.2 Å². The number of para-hydroxylation sites is 1. The molecule has 50 heavy (non-hydrogen) atoms. The molecule has 242 valence electrons. The van der Waals surface area contributed by atoms with Crippen LogP contribution in [0.3, 0.4) is 0 Å². The summed E-state index contributed by atoms with van der Waals surface area (Å²) in [5.41, 5.74) is 11.3. The Hall–Kier alpha value is -5.74. The van der Waals surface area contributed by atoms with Crippen LogP contribution in [0.1, 0.15) is 65.4 Å². The number of rotatable bonds is 5. The summed E-state index contributed by atoms with van der Waals surface area (Å²) in [6, 6.07) is 35.0. The predicted octanol–water partition coefficient (Wildman–Crippen LogP) is 10.6. The van der Waals surface area contributed by atoms with Crippen molar-refractivity contribution in [1.82, 2.24) is 5.32 Å². The Morgan fingerprint density at radius 2 is 1.60 bits per heavy atom. The molecule has 4 aromatic carbocycles. The lowest BCUT2D eigenvalue weighted by atomic mass is 9.64. The highest BCUT2D eigenvalue weighted by molar-refractivity contribution is 6.17. The molecule has 3 atom stereocenters. The fourth-order valence-corrected chi connectivity index (χ4v) is 8.84. The Labute approximate surface area is 292 Å². The molecule has 0 spiro atoms. The van der Waals surface area contributed by atoms with Gasteiger partial charge in [-0.1, -0.05) is 134 Å². The van der Waals surface area contributed by atoms with Crippen LogP contribution in [0.5, 0.6) is 0 Å². The fourth-order valence-electron chi connectivity index (χ4n) is 8.84. The molecule has 5 aromatic rings. The normalized spacial score (nSPS) is 23.3. The highest BCUT2D eigenvalue weighted by atomic mass is 16.3. The Morgan fingerprint density at radius 3 is 2.48 bits per heavy atom. The number of nitrogens with one attached hydrogen (secondary N) is 1. The molecule has 5 aliphatic rings. The summed E-state index contributed by atoms with van der Waals surface area (Å²) in [7, 11) is 0. The first kappa shape index (κ1) is 29.2. The summed E-state index contributed by atoms with van der Waals surface area (Å²) in [4.78, 5) is 10.9. The zero-order valence-corrected chi connectivity index (χ0v) is 27.8. The van der Waals surface area contributed by atoms with Crippen LogP contribution in [-0.4, -0.2) is 11.7 Å². The molecular weight excluding hydrogens is 611 g/mol. The van der Waals surface area contributed by atoms with Crippen LogP contribution in [0.15, 0.2) is 166 Å². The molecule has 4 nitrogen and oxygen atoms in total. The zero-order chi connectivity index (χ0) is 33.1. The van der Waals surface area contributed by atoms with E-state index in [9.17, 15) is 0 Å². The Balaban J connectivity index is 1.21. The first-order chi connectivity index (χ1) is 24.8. The number of benzene rings is 4.